The van der Waals surface area contributed by atoms with E-state index in [1.54, 1.807) is 12.4 Å². The number of nitrogens with one attached hydrogen (secondary N) is 2. The van der Waals surface area contributed by atoms with Crippen LogP contribution in [-0.2, 0) is 0 Å². The van der Waals surface area contributed by atoms with Crippen molar-refractivity contribution < 1.29 is 4.79 Å². The Morgan fingerprint density at radius 1 is 1.08 bits per heavy atom. The van der Waals surface area contributed by atoms with E-state index in [0.29, 0.717) is 11.6 Å². The van der Waals surface area contributed by atoms with Crippen LogP contribution < -0.4 is 15.5 Å². The van der Waals surface area contributed by atoms with Crippen molar-refractivity contribution in [3.05, 3.63) is 42.2 Å². The van der Waals surface area contributed by atoms with Crippen molar-refractivity contribution in [3.63, 3.8) is 0 Å². The topological polar surface area (TPSA) is 70.2 Å². The van der Waals surface area contributed by atoms with Gasteiger partial charge in [0.1, 0.15) is 5.82 Å². The molecular formula is C19H23N5O. The highest BCUT2D eigenvalue weighted by molar-refractivity contribution is 6.05. The molecule has 6 nitrogen and oxygen atoms in total. The summed E-state index contributed by atoms with van der Waals surface area (Å²) in [6, 6.07) is 7.98. The van der Waals surface area contributed by atoms with Gasteiger partial charge >= 0.3 is 0 Å². The van der Waals surface area contributed by atoms with E-state index in [1.165, 1.54) is 32.1 Å². The number of hydrogen-bond acceptors (Lipinski definition) is 5. The monoisotopic (exact) mass is 337 g/mol. The van der Waals surface area contributed by atoms with Crippen molar-refractivity contribution in [2.24, 2.45) is 0 Å². The SMILES string of the molecule is O=C(Nc1cccnc1N1CCCCC1)c1ccc(NC2CC2)nc1. The summed E-state index contributed by atoms with van der Waals surface area (Å²) >= 11 is 0. The first-order valence-electron chi connectivity index (χ1n) is 9.03. The predicted molar refractivity (Wildman–Crippen MR) is 99.1 cm³/mol. The van der Waals surface area contributed by atoms with Crippen LogP contribution in [0, 0.1) is 0 Å². The van der Waals surface area contributed by atoms with Gasteiger partial charge in [-0.1, -0.05) is 0 Å². The third-order valence-electron chi connectivity index (χ3n) is 4.65. The molecule has 0 spiro atoms. The fourth-order valence-electron chi connectivity index (χ4n) is 3.10. The fourth-order valence-corrected chi connectivity index (χ4v) is 3.10. The first-order chi connectivity index (χ1) is 12.3. The van der Waals surface area contributed by atoms with Crippen LogP contribution in [-0.4, -0.2) is 35.0 Å². The van der Waals surface area contributed by atoms with E-state index in [4.69, 9.17) is 0 Å². The smallest absolute Gasteiger partial charge is 0.257 e. The number of aromatic nitrogens is 2. The Balaban J connectivity index is 1.46. The highest BCUT2D eigenvalue weighted by Gasteiger charge is 2.21. The van der Waals surface area contributed by atoms with E-state index in [2.05, 4.69) is 25.5 Å². The quantitative estimate of drug-likeness (QED) is 0.876. The number of rotatable bonds is 5. The molecule has 2 aliphatic rings. The van der Waals surface area contributed by atoms with Crippen LogP contribution >= 0.6 is 0 Å². The maximum Gasteiger partial charge on any atom is 0.257 e. The summed E-state index contributed by atoms with van der Waals surface area (Å²) in [5.41, 5.74) is 1.31. The minimum atomic E-state index is -0.156. The van der Waals surface area contributed by atoms with Gasteiger partial charge in [-0.25, -0.2) is 9.97 Å². The molecule has 0 atom stereocenters. The molecule has 130 valence electrons. The van der Waals surface area contributed by atoms with E-state index in [9.17, 15) is 4.79 Å². The Morgan fingerprint density at radius 2 is 1.92 bits per heavy atom. The molecule has 1 aliphatic carbocycles. The second-order valence-corrected chi connectivity index (χ2v) is 6.73. The number of carbonyl (C=O) groups excluding carboxylic acids is 1. The molecule has 25 heavy (non-hydrogen) atoms. The molecule has 4 rings (SSSR count). The van der Waals surface area contributed by atoms with Gasteiger partial charge in [-0.3, -0.25) is 4.79 Å². The van der Waals surface area contributed by atoms with Gasteiger partial charge in [-0.05, 0) is 56.4 Å². The lowest BCUT2D eigenvalue weighted by molar-refractivity contribution is 0.102. The van der Waals surface area contributed by atoms with Gasteiger partial charge in [-0.2, -0.15) is 0 Å². The lowest BCUT2D eigenvalue weighted by Gasteiger charge is -2.29. The van der Waals surface area contributed by atoms with Crippen LogP contribution in [0.2, 0.25) is 0 Å². The molecule has 0 unspecified atom stereocenters. The third-order valence-corrected chi connectivity index (χ3v) is 4.65. The number of amides is 1. The van der Waals surface area contributed by atoms with Gasteiger partial charge in [0.05, 0.1) is 11.3 Å². The Labute approximate surface area is 147 Å². The molecule has 0 radical (unpaired) electrons. The van der Waals surface area contributed by atoms with Crippen LogP contribution in [0.4, 0.5) is 17.3 Å². The zero-order valence-electron chi connectivity index (χ0n) is 14.2. The molecule has 1 amide bonds. The van der Waals surface area contributed by atoms with Crippen molar-refractivity contribution in [1.82, 2.24) is 9.97 Å². The molecular weight excluding hydrogens is 314 g/mol. The van der Waals surface area contributed by atoms with Gasteiger partial charge in [-0.15, -0.1) is 0 Å². The zero-order chi connectivity index (χ0) is 17.1. The molecule has 2 aromatic rings. The molecule has 2 fully saturated rings. The number of hydrogen-bond donors (Lipinski definition) is 2. The Bertz CT molecular complexity index is 736. The van der Waals surface area contributed by atoms with Crippen molar-refractivity contribution in [2.45, 2.75) is 38.1 Å². The van der Waals surface area contributed by atoms with Gasteiger partial charge in [0.2, 0.25) is 0 Å². The first-order valence-corrected chi connectivity index (χ1v) is 9.03. The van der Waals surface area contributed by atoms with E-state index in [0.717, 1.165) is 30.4 Å². The van der Waals surface area contributed by atoms with Gasteiger partial charge < -0.3 is 15.5 Å². The van der Waals surface area contributed by atoms with E-state index in [-0.39, 0.29) is 5.91 Å². The minimum Gasteiger partial charge on any atom is -0.367 e. The second kappa shape index (κ2) is 7.09. The summed E-state index contributed by atoms with van der Waals surface area (Å²) in [6.45, 7) is 1.98. The number of nitrogens with zero attached hydrogens (tertiary/aromatic N) is 3. The average molecular weight is 337 g/mol. The Hall–Kier alpha value is -2.63. The third kappa shape index (κ3) is 3.90. The van der Waals surface area contributed by atoms with Crippen molar-refractivity contribution in [3.8, 4) is 0 Å². The highest BCUT2D eigenvalue weighted by atomic mass is 16.1. The van der Waals surface area contributed by atoms with E-state index < -0.39 is 0 Å². The average Bonchev–Trinajstić information content (AvgIpc) is 3.47. The largest absolute Gasteiger partial charge is 0.367 e. The van der Waals surface area contributed by atoms with Gasteiger partial charge in [0.25, 0.3) is 5.91 Å². The van der Waals surface area contributed by atoms with Crippen molar-refractivity contribution in [1.29, 1.82) is 0 Å². The molecule has 0 bridgehead atoms. The Morgan fingerprint density at radius 3 is 2.64 bits per heavy atom. The summed E-state index contributed by atoms with van der Waals surface area (Å²) in [4.78, 5) is 23.7. The fraction of sp³-hybridized carbons (Fsp3) is 0.421. The number of carbonyl (C=O) groups is 1. The minimum absolute atomic E-state index is 0.156. The van der Waals surface area contributed by atoms with Crippen LogP contribution in [0.5, 0.6) is 0 Å². The summed E-state index contributed by atoms with van der Waals surface area (Å²) in [5.74, 6) is 1.53. The zero-order valence-corrected chi connectivity index (χ0v) is 14.2. The number of piperidine rings is 1. The normalized spacial score (nSPS) is 17.2. The van der Waals surface area contributed by atoms with Crippen LogP contribution in [0.25, 0.3) is 0 Å². The van der Waals surface area contributed by atoms with Gasteiger partial charge in [0.15, 0.2) is 5.82 Å². The molecule has 6 heteroatoms. The standard InChI is InChI=1S/C19H23N5O/c25-19(14-6-9-17(21-13-14)22-15-7-8-15)23-16-5-4-10-20-18(16)24-11-2-1-3-12-24/h4-6,9-10,13,15H,1-3,7-8,11-12H2,(H,21,22)(H,23,25). The summed E-state index contributed by atoms with van der Waals surface area (Å²) < 4.78 is 0. The highest BCUT2D eigenvalue weighted by Crippen LogP contribution is 2.26. The molecule has 1 saturated carbocycles. The predicted octanol–water partition coefficient (Wildman–Crippen LogP) is 3.29. The molecule has 2 aromatic heterocycles. The maximum atomic E-state index is 12.6. The van der Waals surface area contributed by atoms with Crippen molar-refractivity contribution >= 4 is 23.2 Å². The molecule has 1 saturated heterocycles. The number of anilines is 3. The van der Waals surface area contributed by atoms with Crippen molar-refractivity contribution in [2.75, 3.05) is 28.6 Å². The van der Waals surface area contributed by atoms with E-state index in [1.807, 2.05) is 24.3 Å². The molecule has 0 aromatic carbocycles. The summed E-state index contributed by atoms with van der Waals surface area (Å²) in [6.07, 6.45) is 9.40. The summed E-state index contributed by atoms with van der Waals surface area (Å²) in [7, 11) is 0. The van der Waals surface area contributed by atoms with Gasteiger partial charge in [0, 0.05) is 31.5 Å². The molecule has 1 aliphatic heterocycles. The maximum absolute atomic E-state index is 12.6. The van der Waals surface area contributed by atoms with Crippen LogP contribution in [0.3, 0.4) is 0 Å². The molecule has 3 heterocycles. The Kier molecular flexibility index (Phi) is 4.50. The van der Waals surface area contributed by atoms with E-state index >= 15 is 0 Å². The lowest BCUT2D eigenvalue weighted by Crippen LogP contribution is -2.31. The van der Waals surface area contributed by atoms with Crippen LogP contribution in [0.15, 0.2) is 36.7 Å². The lowest BCUT2D eigenvalue weighted by atomic mass is 10.1. The second-order valence-electron chi connectivity index (χ2n) is 6.73. The first kappa shape index (κ1) is 15.9. The number of pyridine rings is 2. The molecule has 2 N–H and O–H groups in total. The summed E-state index contributed by atoms with van der Waals surface area (Å²) in [5, 5.41) is 6.32. The van der Waals surface area contributed by atoms with Crippen LogP contribution in [0.1, 0.15) is 42.5 Å².